The van der Waals surface area contributed by atoms with Crippen LogP contribution in [0.1, 0.15) is 70.2 Å². The molecular weight excluding hydrogens is 596 g/mol. The summed E-state index contributed by atoms with van der Waals surface area (Å²) in [5, 5.41) is 1.38. The van der Waals surface area contributed by atoms with E-state index in [1.165, 1.54) is 15.5 Å². The van der Waals surface area contributed by atoms with Gasteiger partial charge in [0.15, 0.2) is 11.5 Å². The molecule has 12 heteroatoms. The highest BCUT2D eigenvalue weighted by atomic mass is 19.1. The van der Waals surface area contributed by atoms with Gasteiger partial charge in [-0.2, -0.15) is 4.98 Å². The fourth-order valence-corrected chi connectivity index (χ4v) is 6.54. The normalized spacial score (nSPS) is 16.6. The smallest absolute Gasteiger partial charge is 0.347 e. The average Bonchev–Trinajstić information content (AvgIpc) is 3.00. The van der Waals surface area contributed by atoms with Crippen LogP contribution in [0.25, 0.3) is 34.1 Å². The fourth-order valence-electron chi connectivity index (χ4n) is 6.54. The van der Waals surface area contributed by atoms with Crippen LogP contribution in [0, 0.1) is 5.82 Å². The van der Waals surface area contributed by atoms with E-state index in [9.17, 15) is 14.0 Å². The zero-order valence-corrected chi connectivity index (χ0v) is 28.3. The first-order chi connectivity index (χ1) is 22.2. The van der Waals surface area contributed by atoms with Gasteiger partial charge in [-0.05, 0) is 48.9 Å². The summed E-state index contributed by atoms with van der Waals surface area (Å²) >= 11 is 0. The number of aromatic nitrogens is 4. The van der Waals surface area contributed by atoms with Crippen molar-refractivity contribution in [3.8, 4) is 16.9 Å². The molecule has 1 fully saturated rings. The zero-order valence-electron chi connectivity index (χ0n) is 28.3. The molecule has 4 aromatic rings. The second kappa shape index (κ2) is 13.3. The minimum Gasteiger partial charge on any atom is -0.347 e. The maximum absolute atomic E-state index is 16.4. The van der Waals surface area contributed by atoms with E-state index < -0.39 is 23.2 Å². The number of halogens is 2. The van der Waals surface area contributed by atoms with Crippen molar-refractivity contribution in [3.05, 3.63) is 93.5 Å². The number of piperazine rings is 1. The Kier molecular flexibility index (Phi) is 9.52. The van der Waals surface area contributed by atoms with Crippen LogP contribution >= 0.6 is 0 Å². The molecule has 3 aromatic heterocycles. The van der Waals surface area contributed by atoms with Gasteiger partial charge in [0, 0.05) is 36.9 Å². The summed E-state index contributed by atoms with van der Waals surface area (Å²) in [5.74, 6) is -2.13. The minimum absolute atomic E-state index is 0.0290. The third kappa shape index (κ3) is 6.38. The number of fused-ring (bicyclic) bond motifs is 1. The van der Waals surface area contributed by atoms with E-state index in [0.29, 0.717) is 22.3 Å². The molecule has 1 aromatic carbocycles. The largest absolute Gasteiger partial charge is 0.355 e. The lowest BCUT2D eigenvalue weighted by Crippen LogP contribution is -2.59. The maximum Gasteiger partial charge on any atom is 0.355 e. The van der Waals surface area contributed by atoms with Gasteiger partial charge >= 0.3 is 5.69 Å². The summed E-state index contributed by atoms with van der Waals surface area (Å²) < 4.78 is 31.7. The van der Waals surface area contributed by atoms with Crippen LogP contribution in [-0.4, -0.2) is 71.2 Å². The summed E-state index contributed by atoms with van der Waals surface area (Å²) in [7, 11) is 3.94. The molecular formula is C35H40B2F2N6O2. The number of hydrogen-bond donors (Lipinski definition) is 0. The van der Waals surface area contributed by atoms with Crippen LogP contribution in [0.5, 0.6) is 0 Å². The quantitative estimate of drug-likeness (QED) is 0.216. The molecule has 0 N–H and O–H groups in total. The van der Waals surface area contributed by atoms with Crippen molar-refractivity contribution in [2.24, 2.45) is 0 Å². The predicted octanol–water partition coefficient (Wildman–Crippen LogP) is 4.70. The van der Waals surface area contributed by atoms with E-state index in [-0.39, 0.29) is 54.2 Å². The molecule has 0 aliphatic carbocycles. The monoisotopic (exact) mass is 636 g/mol. The number of pyridine rings is 2. The summed E-state index contributed by atoms with van der Waals surface area (Å²) in [5.41, 5.74) is 3.34. The lowest BCUT2D eigenvalue weighted by atomic mass is 9.77. The number of anilines is 1. The molecule has 1 aliphatic heterocycles. The number of hydrogen-bond acceptors (Lipinski definition) is 6. The van der Waals surface area contributed by atoms with Crippen molar-refractivity contribution < 1.29 is 13.6 Å². The van der Waals surface area contributed by atoms with Crippen LogP contribution in [0.2, 0.25) is 0 Å². The Morgan fingerprint density at radius 2 is 1.70 bits per heavy atom. The first-order valence-corrected chi connectivity index (χ1v) is 16.0. The molecule has 0 radical (unpaired) electrons. The van der Waals surface area contributed by atoms with Gasteiger partial charge in [-0.3, -0.25) is 9.78 Å². The number of rotatable bonds is 7. The summed E-state index contributed by atoms with van der Waals surface area (Å²) in [6.07, 6.45) is 3.71. The van der Waals surface area contributed by atoms with Crippen molar-refractivity contribution in [1.29, 1.82) is 0 Å². The highest BCUT2D eigenvalue weighted by Crippen LogP contribution is 2.36. The van der Waals surface area contributed by atoms with Crippen LogP contribution in [0.4, 0.5) is 14.6 Å². The lowest BCUT2D eigenvalue weighted by Gasteiger charge is -2.45. The van der Waals surface area contributed by atoms with E-state index in [4.69, 9.17) is 4.98 Å². The zero-order chi connectivity index (χ0) is 34.3. The second-order valence-corrected chi connectivity index (χ2v) is 13.2. The maximum atomic E-state index is 16.4. The molecule has 0 bridgehead atoms. The predicted molar refractivity (Wildman–Crippen MR) is 190 cm³/mol. The molecule has 4 heterocycles. The van der Waals surface area contributed by atoms with Gasteiger partial charge in [0.1, 0.15) is 33.0 Å². The molecule has 8 nitrogen and oxygen atoms in total. The van der Waals surface area contributed by atoms with E-state index in [0.717, 1.165) is 16.5 Å². The molecule has 0 spiro atoms. The SMILES string of the molecule is BC(B)=Cc1ccccc1-c1nc2c(cc1F)c(N1[C@@H](C)CN(C(=O)C(=C)F)C[C@@H]1C)nc(=O)n2-c1c(C(C)C)ccnc1C(C)C. The van der Waals surface area contributed by atoms with Crippen LogP contribution < -0.4 is 10.6 Å². The topological polar surface area (TPSA) is 84.2 Å². The third-order valence-corrected chi connectivity index (χ3v) is 8.52. The van der Waals surface area contributed by atoms with Crippen LogP contribution in [-0.2, 0) is 4.79 Å². The first kappa shape index (κ1) is 33.8. The Balaban J connectivity index is 1.87. The Labute approximate surface area is 276 Å². The van der Waals surface area contributed by atoms with Gasteiger partial charge in [-0.15, -0.1) is 5.37 Å². The third-order valence-electron chi connectivity index (χ3n) is 8.52. The van der Waals surface area contributed by atoms with Gasteiger partial charge in [-0.1, -0.05) is 64.6 Å². The molecule has 1 aliphatic rings. The van der Waals surface area contributed by atoms with Crippen LogP contribution in [0.15, 0.2) is 65.2 Å². The van der Waals surface area contributed by atoms with E-state index in [1.807, 2.05) is 98.5 Å². The van der Waals surface area contributed by atoms with Gasteiger partial charge < -0.3 is 9.80 Å². The summed E-state index contributed by atoms with van der Waals surface area (Å²) in [6.45, 7) is 15.3. The molecule has 1 saturated heterocycles. The molecule has 0 unspecified atom stereocenters. The van der Waals surface area contributed by atoms with Gasteiger partial charge in [0.25, 0.3) is 5.91 Å². The number of carbonyl (C=O) groups is 1. The highest BCUT2D eigenvalue weighted by molar-refractivity contribution is 6.50. The first-order valence-electron chi connectivity index (χ1n) is 16.0. The van der Waals surface area contributed by atoms with Crippen molar-refractivity contribution in [2.45, 2.75) is 65.5 Å². The standard InChI is InChI=1S/C35H40B2F2N6O2/c1-18(2)24-12-13-40-29(19(3)4)31(24)45-32-26(15-27(39)30(41-32)25-11-9-8-10-23(25)14-28(36)37)33(42-35(45)47)44-20(5)16-43(17-21(44)6)34(46)22(7)38/h8-15,18-21H,7,16-17,36-37H2,1-6H3/t20-,21-/m0/s1. The van der Waals surface area contributed by atoms with E-state index >= 15 is 4.39 Å². The van der Waals surface area contributed by atoms with E-state index in [2.05, 4.69) is 16.5 Å². The lowest BCUT2D eigenvalue weighted by molar-refractivity contribution is -0.129. The Hall–Kier alpha value is -4.60. The number of carbonyl (C=O) groups excluding carboxylic acids is 1. The number of amides is 1. The van der Waals surface area contributed by atoms with Gasteiger partial charge in [0.05, 0.1) is 16.8 Å². The Morgan fingerprint density at radius 1 is 1.04 bits per heavy atom. The number of benzene rings is 1. The summed E-state index contributed by atoms with van der Waals surface area (Å²) in [6, 6.07) is 9.97. The number of nitrogens with zero attached hydrogens (tertiary/aromatic N) is 6. The second-order valence-electron chi connectivity index (χ2n) is 13.2. The highest BCUT2D eigenvalue weighted by Gasteiger charge is 2.36. The molecule has 0 saturated carbocycles. The minimum atomic E-state index is -1.03. The molecule has 2 atom stereocenters. The molecule has 5 rings (SSSR count). The van der Waals surface area contributed by atoms with Crippen molar-refractivity contribution in [2.75, 3.05) is 18.0 Å². The molecule has 242 valence electrons. The molecule has 1 amide bonds. The Morgan fingerprint density at radius 3 is 2.30 bits per heavy atom. The fraction of sp³-hybridized carbons (Fsp3) is 0.343. The van der Waals surface area contributed by atoms with E-state index in [1.54, 1.807) is 6.20 Å². The average molecular weight is 636 g/mol. The van der Waals surface area contributed by atoms with Gasteiger partial charge in [0.2, 0.25) is 0 Å². The summed E-state index contributed by atoms with van der Waals surface area (Å²) in [4.78, 5) is 44.4. The van der Waals surface area contributed by atoms with Crippen molar-refractivity contribution in [3.63, 3.8) is 0 Å². The van der Waals surface area contributed by atoms with Crippen molar-refractivity contribution >= 4 is 44.5 Å². The Bertz CT molecular complexity index is 1930. The van der Waals surface area contributed by atoms with Gasteiger partial charge in [-0.25, -0.2) is 23.1 Å². The van der Waals surface area contributed by atoms with Crippen molar-refractivity contribution in [1.82, 2.24) is 24.4 Å². The van der Waals surface area contributed by atoms with Crippen LogP contribution in [0.3, 0.4) is 0 Å². The molecule has 47 heavy (non-hydrogen) atoms.